The van der Waals surface area contributed by atoms with Crippen molar-refractivity contribution < 1.29 is 76.6 Å². The first-order chi connectivity index (χ1) is 27.0. The van der Waals surface area contributed by atoms with E-state index in [1.165, 1.54) is 19.3 Å². The van der Waals surface area contributed by atoms with Crippen LogP contribution in [-0.4, -0.2) is 98.6 Å². The lowest BCUT2D eigenvalue weighted by Gasteiger charge is -2.20. The fourth-order valence-corrected chi connectivity index (χ4v) is 7.61. The number of aliphatic hydroxyl groups is 3. The molecule has 1 aliphatic carbocycles. The van der Waals surface area contributed by atoms with Crippen molar-refractivity contribution in [2.75, 3.05) is 26.4 Å². The van der Waals surface area contributed by atoms with Gasteiger partial charge in [0.25, 0.3) is 0 Å². The fourth-order valence-electron chi connectivity index (χ4n) is 6.45. The topological polar surface area (TPSA) is 253 Å². The molecule has 0 saturated heterocycles. The number of Topliss-reactive ketones (excluding diaryl/α,β-unsaturated/α-hetero) is 1. The van der Waals surface area contributed by atoms with E-state index in [0.717, 1.165) is 57.3 Å². The molecule has 0 heterocycles. The van der Waals surface area contributed by atoms with E-state index in [1.807, 2.05) is 0 Å². The van der Waals surface area contributed by atoms with E-state index in [9.17, 15) is 43.7 Å². The van der Waals surface area contributed by atoms with Crippen LogP contribution in [-0.2, 0) is 46.6 Å². The highest BCUT2D eigenvalue weighted by molar-refractivity contribution is 7.47. The molecule has 2 unspecified atom stereocenters. The van der Waals surface area contributed by atoms with E-state index < -0.39 is 78.4 Å². The highest BCUT2D eigenvalue weighted by Crippen LogP contribution is 2.44. The molecule has 0 aliphatic heterocycles. The first kappa shape index (κ1) is 53.5. The Labute approximate surface area is 339 Å². The molecule has 0 aromatic heterocycles. The van der Waals surface area contributed by atoms with Gasteiger partial charge in [0.05, 0.1) is 32.0 Å². The second kappa shape index (κ2) is 30.5. The first-order valence-electron chi connectivity index (χ1n) is 20.9. The Bertz CT molecular complexity index is 1240. The van der Waals surface area contributed by atoms with Crippen molar-refractivity contribution in [3.05, 3.63) is 12.2 Å². The highest BCUT2D eigenvalue weighted by Gasteiger charge is 2.39. The number of phosphoric ester groups is 2. The number of unbranched alkanes of at least 4 members (excludes halogenated alkanes) is 10. The smallest absolute Gasteiger partial charge is 0.462 e. The average molecular weight is 859 g/mol. The molecule has 0 aromatic carbocycles. The Kier molecular flexibility index (Phi) is 28.6. The molecule has 0 aromatic rings. The average Bonchev–Trinajstić information content (AvgIpc) is 3.42. The second-order valence-corrected chi connectivity index (χ2v) is 18.0. The van der Waals surface area contributed by atoms with E-state index >= 15 is 0 Å². The maximum atomic E-state index is 12.6. The van der Waals surface area contributed by atoms with Crippen molar-refractivity contribution in [3.63, 3.8) is 0 Å². The van der Waals surface area contributed by atoms with Crippen molar-refractivity contribution in [2.24, 2.45) is 17.8 Å². The maximum absolute atomic E-state index is 12.6. The van der Waals surface area contributed by atoms with Gasteiger partial charge in [-0.25, -0.2) is 9.13 Å². The summed E-state index contributed by atoms with van der Waals surface area (Å²) < 4.78 is 47.6. The largest absolute Gasteiger partial charge is 0.472 e. The van der Waals surface area contributed by atoms with Gasteiger partial charge in [0, 0.05) is 31.1 Å². The lowest BCUT2D eigenvalue weighted by molar-refractivity contribution is -0.161. The van der Waals surface area contributed by atoms with Crippen molar-refractivity contribution in [1.29, 1.82) is 0 Å². The van der Waals surface area contributed by atoms with Gasteiger partial charge in [-0.3, -0.25) is 28.0 Å². The van der Waals surface area contributed by atoms with Gasteiger partial charge in [0.1, 0.15) is 18.5 Å². The summed E-state index contributed by atoms with van der Waals surface area (Å²) in [5.74, 6) is -1.11. The molecule has 0 spiro atoms. The lowest BCUT2D eigenvalue weighted by atomic mass is 9.88. The van der Waals surface area contributed by atoms with Crippen LogP contribution in [0.2, 0.25) is 0 Å². The zero-order valence-electron chi connectivity index (χ0n) is 34.3. The number of esters is 2. The Morgan fingerprint density at radius 3 is 2.00 bits per heavy atom. The van der Waals surface area contributed by atoms with Crippen LogP contribution in [0.5, 0.6) is 0 Å². The van der Waals surface area contributed by atoms with Crippen molar-refractivity contribution in [1.82, 2.24) is 0 Å². The van der Waals surface area contributed by atoms with Gasteiger partial charge in [0.15, 0.2) is 6.10 Å². The zero-order valence-corrected chi connectivity index (χ0v) is 36.1. The highest BCUT2D eigenvalue weighted by atomic mass is 31.2. The number of carbonyl (C=O) groups is 3. The molecule has 1 aliphatic rings. The van der Waals surface area contributed by atoms with Crippen molar-refractivity contribution in [2.45, 2.75) is 174 Å². The summed E-state index contributed by atoms with van der Waals surface area (Å²) in [6.07, 6.45) is 14.4. The molecular weight excluding hydrogens is 786 g/mol. The minimum Gasteiger partial charge on any atom is -0.462 e. The molecule has 1 saturated carbocycles. The minimum atomic E-state index is -4.89. The molecule has 0 radical (unpaired) electrons. The molecule has 18 heteroatoms. The van der Waals surface area contributed by atoms with Crippen LogP contribution in [0.4, 0.5) is 0 Å². The van der Waals surface area contributed by atoms with Gasteiger partial charge >= 0.3 is 27.6 Å². The van der Waals surface area contributed by atoms with Crippen molar-refractivity contribution >= 4 is 33.4 Å². The molecule has 1 rings (SSSR count). The number of ether oxygens (including phenoxy) is 2. The SMILES string of the molecule is CCCCC[C@H](O)/C=C/[C@H]1[C@H](O)CC(=O)[C@@H]1CCCCCCC(=O)OC[C@H](COP(=O)(O)OC[C@@H](O)COP(=O)(O)O)OC(=O)CCCCCCCCC(C)CC. The van der Waals surface area contributed by atoms with Crippen molar-refractivity contribution in [3.8, 4) is 0 Å². The zero-order chi connectivity index (χ0) is 42.7. The Morgan fingerprint density at radius 2 is 1.35 bits per heavy atom. The quantitative estimate of drug-likeness (QED) is 0.0170. The number of hydrogen-bond donors (Lipinski definition) is 6. The lowest BCUT2D eigenvalue weighted by Crippen LogP contribution is -2.30. The van der Waals surface area contributed by atoms with Crippen LogP contribution in [0.1, 0.15) is 149 Å². The Balaban J connectivity index is 2.56. The van der Waals surface area contributed by atoms with Gasteiger partial charge in [0.2, 0.25) is 0 Å². The summed E-state index contributed by atoms with van der Waals surface area (Å²) in [5, 5.41) is 30.4. The number of ketones is 1. The Hall–Kier alpha value is -1.55. The normalized spacial score (nSPS) is 20.6. The summed E-state index contributed by atoms with van der Waals surface area (Å²) in [5.41, 5.74) is 0. The number of rotatable bonds is 35. The summed E-state index contributed by atoms with van der Waals surface area (Å²) >= 11 is 0. The molecular formula is C39H72O16P2. The van der Waals surface area contributed by atoms with E-state index in [4.69, 9.17) is 23.8 Å². The molecule has 57 heavy (non-hydrogen) atoms. The predicted molar refractivity (Wildman–Crippen MR) is 213 cm³/mol. The van der Waals surface area contributed by atoms with Crippen LogP contribution >= 0.6 is 15.6 Å². The molecule has 6 N–H and O–H groups in total. The molecule has 1 fully saturated rings. The first-order valence-corrected chi connectivity index (χ1v) is 23.9. The Morgan fingerprint density at radius 1 is 0.772 bits per heavy atom. The molecule has 8 atom stereocenters. The van der Waals surface area contributed by atoms with Gasteiger partial charge < -0.3 is 39.5 Å². The molecule has 16 nitrogen and oxygen atoms in total. The molecule has 334 valence electrons. The van der Waals surface area contributed by atoms with E-state index in [1.54, 1.807) is 12.2 Å². The van der Waals surface area contributed by atoms with Gasteiger partial charge in [-0.05, 0) is 31.6 Å². The van der Waals surface area contributed by atoms with Crippen LogP contribution in [0.25, 0.3) is 0 Å². The van der Waals surface area contributed by atoms with E-state index in [-0.39, 0.29) is 36.9 Å². The van der Waals surface area contributed by atoms with Crippen LogP contribution in [0.15, 0.2) is 12.2 Å². The van der Waals surface area contributed by atoms with Crippen LogP contribution in [0, 0.1) is 17.8 Å². The number of carbonyl (C=O) groups excluding carboxylic acids is 3. The van der Waals surface area contributed by atoms with E-state index in [2.05, 4.69) is 29.8 Å². The third-order valence-corrected chi connectivity index (χ3v) is 11.5. The summed E-state index contributed by atoms with van der Waals surface area (Å²) in [4.78, 5) is 65.3. The standard InChI is InChI=1S/C39H72O16P2/c1-4-6-13-19-31(40)23-24-35-34(36(42)25-37(35)43)20-15-11-12-16-21-38(44)51-28-33(29-54-57(49,50)53-27-32(41)26-52-56(46,47)48)55-39(45)22-17-10-8-7-9-14-18-30(3)5-2/h23-24,30-35,37,40-41,43H,4-22,25-29H2,1-3H3,(H,49,50)(H2,46,47,48)/b24-23+/t30?,31-,32-,33+,34+,35+,37+/m0/s1. The number of aliphatic hydroxyl groups excluding tert-OH is 3. The third kappa shape index (κ3) is 27.8. The third-order valence-electron chi connectivity index (χ3n) is 10.1. The van der Waals surface area contributed by atoms with E-state index in [0.29, 0.717) is 38.5 Å². The second-order valence-electron chi connectivity index (χ2n) is 15.3. The minimum absolute atomic E-state index is 0.0119. The van der Waals surface area contributed by atoms with Crippen LogP contribution < -0.4 is 0 Å². The van der Waals surface area contributed by atoms with Crippen LogP contribution in [0.3, 0.4) is 0 Å². The molecule has 0 amide bonds. The van der Waals surface area contributed by atoms with Gasteiger partial charge in [-0.15, -0.1) is 0 Å². The maximum Gasteiger partial charge on any atom is 0.472 e. The monoisotopic (exact) mass is 858 g/mol. The number of phosphoric acid groups is 2. The summed E-state index contributed by atoms with van der Waals surface area (Å²) in [7, 11) is -9.75. The summed E-state index contributed by atoms with van der Waals surface area (Å²) in [6, 6.07) is 0. The van der Waals surface area contributed by atoms with Gasteiger partial charge in [-0.2, -0.15) is 0 Å². The van der Waals surface area contributed by atoms with Gasteiger partial charge in [-0.1, -0.05) is 116 Å². The molecule has 0 bridgehead atoms. The summed E-state index contributed by atoms with van der Waals surface area (Å²) in [6.45, 7) is 3.61. The predicted octanol–water partition coefficient (Wildman–Crippen LogP) is 6.62. The number of hydrogen-bond acceptors (Lipinski definition) is 13. The fraction of sp³-hybridized carbons (Fsp3) is 0.872.